The van der Waals surface area contributed by atoms with E-state index in [9.17, 15) is 9.59 Å². The molecule has 2 N–H and O–H groups in total. The lowest BCUT2D eigenvalue weighted by molar-refractivity contribution is -0.131. The zero-order chi connectivity index (χ0) is 22.3. The van der Waals surface area contributed by atoms with E-state index in [4.69, 9.17) is 9.47 Å². The summed E-state index contributed by atoms with van der Waals surface area (Å²) in [6.07, 6.45) is 3.04. The van der Waals surface area contributed by atoms with E-state index in [0.29, 0.717) is 19.7 Å². The van der Waals surface area contributed by atoms with Crippen LogP contribution in [0.15, 0.2) is 30.3 Å². The standard InChI is InChI=1S/C24H37N3O4/c1-23(2,3)31-22(29)26-18-24(11-7-8-12-24)21(28)25-15-20-17-27(13-14-30-20)16-19-9-5-4-6-10-19/h4-6,9-10,20H,7-8,11-18H2,1-3H3,(H,25,28)(H,26,29)/t20-/m0/s1. The molecule has 0 spiro atoms. The van der Waals surface area contributed by atoms with E-state index in [-0.39, 0.29) is 12.0 Å². The molecule has 3 rings (SSSR count). The molecule has 2 fully saturated rings. The van der Waals surface area contributed by atoms with Gasteiger partial charge in [0.25, 0.3) is 0 Å². The molecule has 2 aliphatic rings. The maximum atomic E-state index is 13.1. The molecule has 172 valence electrons. The van der Waals surface area contributed by atoms with E-state index in [1.165, 1.54) is 5.56 Å². The van der Waals surface area contributed by atoms with E-state index < -0.39 is 17.1 Å². The Labute approximate surface area is 185 Å². The number of nitrogens with one attached hydrogen (secondary N) is 2. The monoisotopic (exact) mass is 431 g/mol. The van der Waals surface area contributed by atoms with Gasteiger partial charge in [-0.15, -0.1) is 0 Å². The number of morpholine rings is 1. The smallest absolute Gasteiger partial charge is 0.407 e. The maximum Gasteiger partial charge on any atom is 0.407 e. The van der Waals surface area contributed by atoms with Gasteiger partial charge in [0.05, 0.1) is 18.1 Å². The van der Waals surface area contributed by atoms with Crippen LogP contribution in [0.5, 0.6) is 0 Å². The Hall–Kier alpha value is -2.12. The van der Waals surface area contributed by atoms with E-state index in [0.717, 1.165) is 45.3 Å². The summed E-state index contributed by atoms with van der Waals surface area (Å²) in [6, 6.07) is 10.4. The number of carbonyl (C=O) groups is 2. The van der Waals surface area contributed by atoms with Crippen LogP contribution in [0.2, 0.25) is 0 Å². The molecule has 0 radical (unpaired) electrons. The first-order valence-corrected chi connectivity index (χ1v) is 11.4. The second-order valence-corrected chi connectivity index (χ2v) is 9.77. The van der Waals surface area contributed by atoms with E-state index in [1.807, 2.05) is 26.8 Å². The lowest BCUT2D eigenvalue weighted by atomic mass is 9.85. The highest BCUT2D eigenvalue weighted by atomic mass is 16.6. The molecule has 1 aromatic rings. The average molecular weight is 432 g/mol. The van der Waals surface area contributed by atoms with Crippen LogP contribution < -0.4 is 10.6 Å². The van der Waals surface area contributed by atoms with Crippen molar-refractivity contribution in [1.82, 2.24) is 15.5 Å². The summed E-state index contributed by atoms with van der Waals surface area (Å²) in [4.78, 5) is 27.6. The highest BCUT2D eigenvalue weighted by molar-refractivity contribution is 5.84. The predicted molar refractivity (Wildman–Crippen MR) is 120 cm³/mol. The van der Waals surface area contributed by atoms with Gasteiger partial charge in [-0.2, -0.15) is 0 Å². The molecule has 1 atom stereocenters. The van der Waals surface area contributed by atoms with Gasteiger partial charge in [-0.1, -0.05) is 43.2 Å². The lowest BCUT2D eigenvalue weighted by Gasteiger charge is -2.34. The topological polar surface area (TPSA) is 79.9 Å². The van der Waals surface area contributed by atoms with Gasteiger partial charge in [0, 0.05) is 32.7 Å². The van der Waals surface area contributed by atoms with Crippen LogP contribution in [0.3, 0.4) is 0 Å². The summed E-state index contributed by atoms with van der Waals surface area (Å²) in [6.45, 7) is 9.51. The van der Waals surface area contributed by atoms with Crippen LogP contribution in [0.1, 0.15) is 52.0 Å². The number of alkyl carbamates (subject to hydrolysis) is 1. The largest absolute Gasteiger partial charge is 0.444 e. The third-order valence-corrected chi connectivity index (χ3v) is 5.97. The molecule has 1 saturated carbocycles. The Kier molecular flexibility index (Phi) is 7.94. The summed E-state index contributed by atoms with van der Waals surface area (Å²) >= 11 is 0. The third-order valence-electron chi connectivity index (χ3n) is 5.97. The molecule has 31 heavy (non-hydrogen) atoms. The third kappa shape index (κ3) is 7.21. The number of ether oxygens (including phenoxy) is 2. The fourth-order valence-electron chi connectivity index (χ4n) is 4.37. The summed E-state index contributed by atoms with van der Waals surface area (Å²) in [5.41, 5.74) is 0.166. The maximum absolute atomic E-state index is 13.1. The van der Waals surface area contributed by atoms with Crippen molar-refractivity contribution < 1.29 is 19.1 Å². The van der Waals surface area contributed by atoms with Crippen LogP contribution in [0, 0.1) is 5.41 Å². The molecule has 1 heterocycles. The quantitative estimate of drug-likeness (QED) is 0.694. The summed E-state index contributed by atoms with van der Waals surface area (Å²) in [5.74, 6) is 0.00448. The molecule has 1 saturated heterocycles. The molecule has 1 aromatic carbocycles. The number of benzene rings is 1. The van der Waals surface area contributed by atoms with Gasteiger partial charge < -0.3 is 20.1 Å². The van der Waals surface area contributed by atoms with Gasteiger partial charge in [-0.25, -0.2) is 4.79 Å². The fraction of sp³-hybridized carbons (Fsp3) is 0.667. The second kappa shape index (κ2) is 10.5. The van der Waals surface area contributed by atoms with Crippen LogP contribution in [-0.2, 0) is 20.8 Å². The molecule has 0 aromatic heterocycles. The first kappa shape index (κ1) is 23.5. The molecule has 0 unspecified atom stereocenters. The van der Waals surface area contributed by atoms with Crippen molar-refractivity contribution in [2.45, 2.75) is 64.7 Å². The van der Waals surface area contributed by atoms with Crippen molar-refractivity contribution in [2.75, 3.05) is 32.8 Å². The zero-order valence-electron chi connectivity index (χ0n) is 19.1. The first-order chi connectivity index (χ1) is 14.8. The van der Waals surface area contributed by atoms with Gasteiger partial charge >= 0.3 is 6.09 Å². The minimum Gasteiger partial charge on any atom is -0.444 e. The van der Waals surface area contributed by atoms with Crippen LogP contribution >= 0.6 is 0 Å². The van der Waals surface area contributed by atoms with E-state index >= 15 is 0 Å². The number of nitrogens with zero attached hydrogens (tertiary/aromatic N) is 1. The van der Waals surface area contributed by atoms with Gasteiger partial charge in [-0.05, 0) is 39.2 Å². The van der Waals surface area contributed by atoms with Gasteiger partial charge in [-0.3, -0.25) is 9.69 Å². The van der Waals surface area contributed by atoms with Crippen LogP contribution in [0.4, 0.5) is 4.79 Å². The van der Waals surface area contributed by atoms with Crippen LogP contribution in [0.25, 0.3) is 0 Å². The molecular weight excluding hydrogens is 394 g/mol. The highest BCUT2D eigenvalue weighted by Gasteiger charge is 2.41. The molecule has 7 nitrogen and oxygen atoms in total. The number of rotatable bonds is 7. The number of carbonyl (C=O) groups excluding carboxylic acids is 2. The highest BCUT2D eigenvalue weighted by Crippen LogP contribution is 2.38. The fourth-order valence-corrected chi connectivity index (χ4v) is 4.37. The minimum atomic E-state index is -0.560. The summed E-state index contributed by atoms with van der Waals surface area (Å²) in [7, 11) is 0. The Morgan fingerprint density at radius 3 is 2.55 bits per heavy atom. The molecule has 7 heteroatoms. The zero-order valence-corrected chi connectivity index (χ0v) is 19.1. The van der Waals surface area contributed by atoms with Crippen molar-refractivity contribution in [3.63, 3.8) is 0 Å². The SMILES string of the molecule is CC(C)(C)OC(=O)NCC1(C(=O)NC[C@H]2CN(Cc3ccccc3)CCO2)CCCC1. The van der Waals surface area contributed by atoms with Crippen molar-refractivity contribution in [2.24, 2.45) is 5.41 Å². The van der Waals surface area contributed by atoms with E-state index in [2.05, 4.69) is 39.8 Å². The Morgan fingerprint density at radius 2 is 1.87 bits per heavy atom. The van der Waals surface area contributed by atoms with Crippen molar-refractivity contribution in [1.29, 1.82) is 0 Å². The average Bonchev–Trinajstić information content (AvgIpc) is 3.21. The Bertz CT molecular complexity index is 726. The van der Waals surface area contributed by atoms with Crippen molar-refractivity contribution >= 4 is 12.0 Å². The number of hydrogen-bond donors (Lipinski definition) is 2. The molecule has 2 amide bonds. The lowest BCUT2D eigenvalue weighted by Crippen LogP contribution is -2.52. The molecule has 1 aliphatic carbocycles. The minimum absolute atomic E-state index is 0.00448. The van der Waals surface area contributed by atoms with Crippen molar-refractivity contribution in [3.8, 4) is 0 Å². The van der Waals surface area contributed by atoms with Gasteiger partial charge in [0.1, 0.15) is 5.60 Å². The van der Waals surface area contributed by atoms with Gasteiger partial charge in [0.2, 0.25) is 5.91 Å². The summed E-state index contributed by atoms with van der Waals surface area (Å²) in [5, 5.41) is 5.92. The van der Waals surface area contributed by atoms with Crippen molar-refractivity contribution in [3.05, 3.63) is 35.9 Å². The normalized spacial score (nSPS) is 21.5. The number of amides is 2. The second-order valence-electron chi connectivity index (χ2n) is 9.77. The Morgan fingerprint density at radius 1 is 1.16 bits per heavy atom. The molecular formula is C24H37N3O4. The van der Waals surface area contributed by atoms with Crippen LogP contribution in [-0.4, -0.2) is 61.4 Å². The first-order valence-electron chi connectivity index (χ1n) is 11.4. The Balaban J connectivity index is 1.48. The van der Waals surface area contributed by atoms with E-state index in [1.54, 1.807) is 0 Å². The molecule has 0 bridgehead atoms. The number of hydrogen-bond acceptors (Lipinski definition) is 5. The summed E-state index contributed by atoms with van der Waals surface area (Å²) < 4.78 is 11.2. The predicted octanol–water partition coefficient (Wildman–Crippen LogP) is 3.09. The van der Waals surface area contributed by atoms with Gasteiger partial charge in [0.15, 0.2) is 0 Å². The molecule has 1 aliphatic heterocycles.